The van der Waals surface area contributed by atoms with Crippen LogP contribution in [-0.2, 0) is 42.7 Å². The highest BCUT2D eigenvalue weighted by atomic mass is 32.2. The number of carbonyl (C=O) groups is 2. The van der Waals surface area contributed by atoms with Crippen molar-refractivity contribution in [1.29, 1.82) is 0 Å². The summed E-state index contributed by atoms with van der Waals surface area (Å²) in [5, 5.41) is 12.7. The predicted molar refractivity (Wildman–Crippen MR) is 298 cm³/mol. The van der Waals surface area contributed by atoms with Crippen LogP contribution in [-0.4, -0.2) is 208 Å². The molecular formula is C56H84N10O9S2. The lowest BCUT2D eigenvalue weighted by molar-refractivity contribution is -0.138. The number of likely N-dealkylation sites (tertiary alicyclic amines) is 2. The zero-order valence-electron chi connectivity index (χ0n) is 46.7. The third kappa shape index (κ3) is 13.4. The quantitative estimate of drug-likeness (QED) is 0.197. The van der Waals surface area contributed by atoms with Gasteiger partial charge in [-0.15, -0.1) is 0 Å². The Bertz CT molecular complexity index is 2830. The predicted octanol–water partition coefficient (Wildman–Crippen LogP) is 4.81. The van der Waals surface area contributed by atoms with E-state index in [1.807, 2.05) is 40.1 Å². The van der Waals surface area contributed by atoms with E-state index in [-0.39, 0.29) is 30.2 Å². The van der Waals surface area contributed by atoms with E-state index in [0.717, 1.165) is 37.9 Å². The summed E-state index contributed by atoms with van der Waals surface area (Å²) in [6.07, 6.45) is 8.79. The molecule has 10 rings (SSSR count). The van der Waals surface area contributed by atoms with E-state index in [9.17, 15) is 31.5 Å². The number of aromatic nitrogens is 2. The molecule has 0 saturated carbocycles. The van der Waals surface area contributed by atoms with Gasteiger partial charge in [-0.2, -0.15) is 8.61 Å². The summed E-state index contributed by atoms with van der Waals surface area (Å²) >= 11 is 0. The van der Waals surface area contributed by atoms with Gasteiger partial charge in [-0.3, -0.25) is 19.4 Å². The van der Waals surface area contributed by atoms with Crippen LogP contribution in [0.2, 0.25) is 0 Å². The van der Waals surface area contributed by atoms with Gasteiger partial charge >= 0.3 is 5.97 Å². The Kier molecular flexibility index (Phi) is 19.3. The number of amides is 1. The van der Waals surface area contributed by atoms with Crippen molar-refractivity contribution in [1.82, 2.24) is 47.6 Å². The Balaban J connectivity index is 0.000000172. The minimum absolute atomic E-state index is 0.0241. The van der Waals surface area contributed by atoms with E-state index in [4.69, 9.17) is 9.47 Å². The van der Waals surface area contributed by atoms with Gasteiger partial charge < -0.3 is 43.7 Å². The lowest BCUT2D eigenvalue weighted by Gasteiger charge is -2.43. The summed E-state index contributed by atoms with van der Waals surface area (Å²) in [6, 6.07) is 14.6. The second kappa shape index (κ2) is 25.5. The molecule has 2 atom stereocenters. The second-order valence-corrected chi connectivity index (χ2v) is 25.4. The van der Waals surface area contributed by atoms with Crippen LogP contribution in [0.15, 0.2) is 70.7 Å². The number of sulfonamides is 2. The number of nitrogens with one attached hydrogen (secondary N) is 1. The van der Waals surface area contributed by atoms with Crippen LogP contribution in [0.1, 0.15) is 84.3 Å². The van der Waals surface area contributed by atoms with Gasteiger partial charge in [0.25, 0.3) is 0 Å². The summed E-state index contributed by atoms with van der Waals surface area (Å²) in [5.41, 5.74) is 4.04. The molecule has 4 saturated heterocycles. The van der Waals surface area contributed by atoms with Gasteiger partial charge in [-0.05, 0) is 164 Å². The Morgan fingerprint density at radius 2 is 0.948 bits per heavy atom. The summed E-state index contributed by atoms with van der Waals surface area (Å²) < 4.78 is 72.5. The minimum Gasteiger partial charge on any atom is -0.497 e. The molecule has 2 aromatic carbocycles. The minimum atomic E-state index is -3.86. The molecule has 0 spiro atoms. The molecule has 21 heteroatoms. The highest BCUT2D eigenvalue weighted by Crippen LogP contribution is 2.39. The topological polar surface area (TPSA) is 186 Å². The van der Waals surface area contributed by atoms with Crippen molar-refractivity contribution in [3.8, 4) is 11.5 Å². The fraction of sp³-hybridized carbons (Fsp3) is 0.607. The van der Waals surface area contributed by atoms with E-state index in [1.165, 1.54) is 76.4 Å². The van der Waals surface area contributed by atoms with Gasteiger partial charge in [-0.25, -0.2) is 16.8 Å². The van der Waals surface area contributed by atoms with E-state index in [2.05, 4.69) is 43.6 Å². The Morgan fingerprint density at radius 1 is 0.558 bits per heavy atom. The van der Waals surface area contributed by atoms with Crippen LogP contribution < -0.4 is 14.8 Å². The molecule has 2 N–H and O–H groups in total. The van der Waals surface area contributed by atoms with E-state index in [0.29, 0.717) is 83.1 Å². The van der Waals surface area contributed by atoms with Crippen LogP contribution in [0.5, 0.6) is 11.5 Å². The van der Waals surface area contributed by atoms with Crippen LogP contribution in [0, 0.1) is 27.7 Å². The summed E-state index contributed by atoms with van der Waals surface area (Å²) in [6.45, 7) is 21.5. The molecule has 0 radical (unpaired) electrons. The van der Waals surface area contributed by atoms with Crippen molar-refractivity contribution < 1.29 is 41.0 Å². The number of fused-ring (bicyclic) bond motifs is 2. The maximum Gasteiger partial charge on any atom is 0.305 e. The Hall–Kier alpha value is -4.84. The van der Waals surface area contributed by atoms with Crippen LogP contribution >= 0.6 is 0 Å². The number of carboxylic acids is 1. The van der Waals surface area contributed by atoms with E-state index < -0.39 is 38.1 Å². The number of hydrogen-bond acceptors (Lipinski definition) is 13. The van der Waals surface area contributed by atoms with Gasteiger partial charge in [-0.1, -0.05) is 0 Å². The number of rotatable bonds is 12. The first-order chi connectivity index (χ1) is 36.8. The number of piperazine rings is 2. The fourth-order valence-corrected chi connectivity index (χ4v) is 16.6. The van der Waals surface area contributed by atoms with Gasteiger partial charge in [0.1, 0.15) is 11.5 Å². The standard InChI is InChI=1S/C28H41N5O4S.C18H22N2O5S.C10H21N3/c1-21-18-24(37-4)19-22(2)28(21)38(35,36)33-17-16-31-9-5-6-25(31)26(33)20-27(34)32-14-12-30(13-15-32)23-7-10-29(3)11-8-23;1-12-9-14(25-3)10-13(2)18(12)26(23,24)20-8-7-19-6-4-5-15(19)16(20)11-17(21)22;1-12-6-2-10(3-7-12)13-8-4-11-5-9-13/h5-6,9,18-19,23,26H,7-8,10-17,20H2,1-4H3;4-6,9-10,16H,7-8,11H2,1-3H3,(H,21,22);10-11H,2-9H2,1H3. The number of ether oxygens (including phenoxy) is 2. The molecule has 8 heterocycles. The molecule has 4 aromatic rings. The van der Waals surface area contributed by atoms with E-state index in [1.54, 1.807) is 69.4 Å². The van der Waals surface area contributed by atoms with Crippen molar-refractivity contribution in [3.05, 3.63) is 94.6 Å². The average Bonchev–Trinajstić information content (AvgIpc) is 4.19. The molecule has 1 amide bonds. The molecule has 0 bridgehead atoms. The number of piperidine rings is 2. The largest absolute Gasteiger partial charge is 0.497 e. The molecule has 2 aromatic heterocycles. The van der Waals surface area contributed by atoms with Crippen molar-refractivity contribution in [2.75, 3.05) is 120 Å². The number of aryl methyl sites for hydroxylation is 4. The van der Waals surface area contributed by atoms with Crippen molar-refractivity contribution in [2.24, 2.45) is 0 Å². The molecule has 6 aliphatic heterocycles. The molecule has 424 valence electrons. The molecular weight excluding hydrogens is 1020 g/mol. The number of carboxylic acid groups (broad SMARTS) is 1. The van der Waals surface area contributed by atoms with Gasteiger partial charge in [0, 0.05) is 121 Å². The zero-order chi connectivity index (χ0) is 55.2. The molecule has 0 aliphatic carbocycles. The fourth-order valence-electron chi connectivity index (χ4n) is 12.5. The number of nitrogens with zero attached hydrogens (tertiary/aromatic N) is 9. The van der Waals surface area contributed by atoms with Crippen LogP contribution in [0.25, 0.3) is 0 Å². The smallest absolute Gasteiger partial charge is 0.305 e. The Labute approximate surface area is 457 Å². The SMILES string of the molecule is CN1CCC(N2CCNCC2)CC1.COc1cc(C)c(S(=O)(=O)N2CCn3cccc3C2CC(=O)N2CCN(C3CCN(C)CC3)CC2)c(C)c1.COc1cc(C)c(S(=O)(=O)N2CCn3cccc3C2CC(=O)O)c(C)c1. The highest BCUT2D eigenvalue weighted by Gasteiger charge is 2.42. The third-order valence-corrected chi connectivity index (χ3v) is 21.1. The third-order valence-electron chi connectivity index (χ3n) is 16.7. The first-order valence-corrected chi connectivity index (χ1v) is 30.4. The highest BCUT2D eigenvalue weighted by molar-refractivity contribution is 7.89. The maximum absolute atomic E-state index is 14.1. The number of methoxy groups -OCH3 is 2. The first-order valence-electron chi connectivity index (χ1n) is 27.5. The molecule has 19 nitrogen and oxygen atoms in total. The molecule has 4 fully saturated rings. The molecule has 77 heavy (non-hydrogen) atoms. The lowest BCUT2D eigenvalue weighted by Crippen LogP contribution is -2.54. The summed E-state index contributed by atoms with van der Waals surface area (Å²) in [4.78, 5) is 37.5. The van der Waals surface area contributed by atoms with Gasteiger partial charge in [0.15, 0.2) is 0 Å². The number of hydrogen-bond donors (Lipinski definition) is 2. The average molecular weight is 1110 g/mol. The van der Waals surface area contributed by atoms with Crippen LogP contribution in [0.3, 0.4) is 0 Å². The maximum atomic E-state index is 14.1. The van der Waals surface area contributed by atoms with Gasteiger partial charge in [0.05, 0.1) is 42.5 Å². The first kappa shape index (κ1) is 58.3. The van der Waals surface area contributed by atoms with Gasteiger partial charge in [0.2, 0.25) is 26.0 Å². The number of aliphatic carboxylic acids is 1. The monoisotopic (exact) mass is 1100 g/mol. The van der Waals surface area contributed by atoms with Crippen molar-refractivity contribution in [2.45, 2.75) is 113 Å². The van der Waals surface area contributed by atoms with Crippen molar-refractivity contribution in [3.63, 3.8) is 0 Å². The number of benzene rings is 2. The lowest BCUT2D eigenvalue weighted by atomic mass is 10.0. The zero-order valence-corrected chi connectivity index (χ0v) is 48.3. The van der Waals surface area contributed by atoms with E-state index >= 15 is 0 Å². The van der Waals surface area contributed by atoms with Crippen LogP contribution in [0.4, 0.5) is 0 Å². The molecule has 2 unspecified atom stereocenters. The second-order valence-electron chi connectivity index (χ2n) is 21.8. The van der Waals surface area contributed by atoms with Crippen molar-refractivity contribution >= 4 is 31.9 Å². The molecule has 6 aliphatic rings. The Morgan fingerprint density at radius 3 is 1.34 bits per heavy atom. The summed E-state index contributed by atoms with van der Waals surface area (Å²) in [5.74, 6) is 0.218. The number of carbonyl (C=O) groups excluding carboxylic acids is 1. The summed E-state index contributed by atoms with van der Waals surface area (Å²) in [7, 11) is -0.186. The normalized spacial score (nSPS) is 22.0.